The Balaban J connectivity index is 1.30. The molecule has 0 aliphatic heterocycles. The topological polar surface area (TPSA) is 0 Å². The fraction of sp³-hybridized carbons (Fsp3) is 0.526. The Hall–Kier alpha value is -2.34. The smallest absolute Gasteiger partial charge is 0.00201 e. The summed E-state index contributed by atoms with van der Waals surface area (Å²) in [6, 6.07) is 23.7. The highest BCUT2D eigenvalue weighted by Gasteiger charge is 2.30. The van der Waals surface area contributed by atoms with Crippen molar-refractivity contribution in [2.45, 2.75) is 117 Å². The lowest BCUT2D eigenvalue weighted by molar-refractivity contribution is 0.235. The second kappa shape index (κ2) is 11.8. The van der Waals surface area contributed by atoms with Gasteiger partial charge in [-0.15, -0.1) is 0 Å². The van der Waals surface area contributed by atoms with Gasteiger partial charge in [0.25, 0.3) is 0 Å². The van der Waals surface area contributed by atoms with Crippen LogP contribution in [0.3, 0.4) is 0 Å². The second-order valence-corrected chi connectivity index (χ2v) is 13.6. The molecule has 3 aromatic rings. The molecule has 0 nitrogen and oxygen atoms in total. The standard InChI is InChI=1S/C38H50/c1-6-29-25-34(32-19-17-31(18-20-32)30-11-7-8-12-30)22-21-33(29)23-28-16-15-27(2)36(24-28)26-35-13-9-10-14-37(35)38(3,4)5/h9-10,13-16,21-22,24-25,30-32H,6-8,11-12,17-20,23,26H2,1-5H3. The van der Waals surface area contributed by atoms with Gasteiger partial charge in [0, 0.05) is 0 Å². The van der Waals surface area contributed by atoms with Gasteiger partial charge in [0.15, 0.2) is 0 Å². The minimum atomic E-state index is 0.162. The lowest BCUT2D eigenvalue weighted by Crippen LogP contribution is -2.19. The van der Waals surface area contributed by atoms with Crippen molar-refractivity contribution in [3.63, 3.8) is 0 Å². The van der Waals surface area contributed by atoms with Crippen LogP contribution in [0.4, 0.5) is 0 Å². The molecule has 0 amide bonds. The first-order valence-electron chi connectivity index (χ1n) is 15.6. The van der Waals surface area contributed by atoms with E-state index in [9.17, 15) is 0 Å². The summed E-state index contributed by atoms with van der Waals surface area (Å²) in [7, 11) is 0. The average molecular weight is 507 g/mol. The first-order valence-corrected chi connectivity index (χ1v) is 15.6. The maximum Gasteiger partial charge on any atom is -0.00201 e. The number of rotatable bonds is 7. The van der Waals surface area contributed by atoms with Crippen LogP contribution in [0.1, 0.15) is 129 Å². The van der Waals surface area contributed by atoms with Gasteiger partial charge in [-0.05, 0) is 120 Å². The maximum atomic E-state index is 2.57. The van der Waals surface area contributed by atoms with Crippen molar-refractivity contribution in [1.82, 2.24) is 0 Å². The highest BCUT2D eigenvalue weighted by Crippen LogP contribution is 2.44. The summed E-state index contributed by atoms with van der Waals surface area (Å²) in [4.78, 5) is 0. The molecule has 202 valence electrons. The monoisotopic (exact) mass is 506 g/mol. The van der Waals surface area contributed by atoms with Crippen LogP contribution in [-0.4, -0.2) is 0 Å². The van der Waals surface area contributed by atoms with Crippen LogP contribution in [0.25, 0.3) is 0 Å². The minimum Gasteiger partial charge on any atom is -0.0620 e. The van der Waals surface area contributed by atoms with E-state index in [1.165, 1.54) is 84.7 Å². The van der Waals surface area contributed by atoms with E-state index in [0.29, 0.717) is 0 Å². The second-order valence-electron chi connectivity index (χ2n) is 13.6. The molecule has 0 N–H and O–H groups in total. The third-order valence-electron chi connectivity index (χ3n) is 9.94. The average Bonchev–Trinajstić information content (AvgIpc) is 3.46. The van der Waals surface area contributed by atoms with Crippen molar-refractivity contribution in [3.05, 3.63) is 105 Å². The summed E-state index contributed by atoms with van der Waals surface area (Å²) in [6.07, 6.45) is 14.9. The molecule has 5 rings (SSSR count). The van der Waals surface area contributed by atoms with Crippen molar-refractivity contribution in [3.8, 4) is 0 Å². The fourth-order valence-corrected chi connectivity index (χ4v) is 7.61. The zero-order chi connectivity index (χ0) is 26.7. The first-order chi connectivity index (χ1) is 18.3. The Labute approximate surface area is 233 Å². The van der Waals surface area contributed by atoms with Crippen molar-refractivity contribution in [2.24, 2.45) is 11.8 Å². The molecular weight excluding hydrogens is 456 g/mol. The Morgan fingerprint density at radius 2 is 1.37 bits per heavy atom. The van der Waals surface area contributed by atoms with Crippen molar-refractivity contribution < 1.29 is 0 Å². The van der Waals surface area contributed by atoms with E-state index in [0.717, 1.165) is 37.0 Å². The van der Waals surface area contributed by atoms with E-state index < -0.39 is 0 Å². The van der Waals surface area contributed by atoms with Crippen LogP contribution >= 0.6 is 0 Å². The molecule has 38 heavy (non-hydrogen) atoms. The summed E-state index contributed by atoms with van der Waals surface area (Å²) in [5.41, 5.74) is 12.1. The Morgan fingerprint density at radius 1 is 0.658 bits per heavy atom. The lowest BCUT2D eigenvalue weighted by atomic mass is 9.73. The van der Waals surface area contributed by atoms with Crippen LogP contribution in [0.15, 0.2) is 60.7 Å². The molecule has 0 unspecified atom stereocenters. The number of benzene rings is 3. The molecule has 0 spiro atoms. The summed E-state index contributed by atoms with van der Waals surface area (Å²) < 4.78 is 0. The van der Waals surface area contributed by atoms with Gasteiger partial charge in [0.05, 0.1) is 0 Å². The van der Waals surface area contributed by atoms with Gasteiger partial charge in [0.1, 0.15) is 0 Å². The van der Waals surface area contributed by atoms with E-state index >= 15 is 0 Å². The molecule has 2 fully saturated rings. The summed E-state index contributed by atoms with van der Waals surface area (Å²) in [5, 5.41) is 0. The van der Waals surface area contributed by atoms with Crippen molar-refractivity contribution in [1.29, 1.82) is 0 Å². The third kappa shape index (κ3) is 6.27. The van der Waals surface area contributed by atoms with Gasteiger partial charge in [-0.25, -0.2) is 0 Å². The molecule has 2 aliphatic rings. The highest BCUT2D eigenvalue weighted by molar-refractivity contribution is 5.43. The molecule has 0 saturated heterocycles. The molecule has 0 aromatic heterocycles. The summed E-state index contributed by atoms with van der Waals surface area (Å²) in [5.74, 6) is 2.84. The Morgan fingerprint density at radius 3 is 2.08 bits per heavy atom. The number of hydrogen-bond donors (Lipinski definition) is 0. The SMILES string of the molecule is CCc1cc(C2CCC(C3CCCC3)CC2)ccc1Cc1ccc(C)c(Cc2ccccc2C(C)(C)C)c1. The largest absolute Gasteiger partial charge is 0.0620 e. The van der Waals surface area contributed by atoms with E-state index in [1.54, 1.807) is 11.1 Å². The molecule has 0 heterocycles. The highest BCUT2D eigenvalue weighted by atomic mass is 14.3. The van der Waals surface area contributed by atoms with Crippen LogP contribution in [0.5, 0.6) is 0 Å². The molecular formula is C38H50. The zero-order valence-corrected chi connectivity index (χ0v) is 24.8. The molecule has 0 atom stereocenters. The number of hydrogen-bond acceptors (Lipinski definition) is 0. The molecule has 0 heteroatoms. The van der Waals surface area contributed by atoms with Gasteiger partial charge in [0.2, 0.25) is 0 Å². The molecule has 0 bridgehead atoms. The third-order valence-corrected chi connectivity index (χ3v) is 9.94. The van der Waals surface area contributed by atoms with Crippen LogP contribution in [0, 0.1) is 18.8 Å². The Kier molecular flexibility index (Phi) is 8.47. The quantitative estimate of drug-likeness (QED) is 0.299. The van der Waals surface area contributed by atoms with E-state index in [2.05, 4.69) is 95.3 Å². The Bertz CT molecular complexity index is 1210. The van der Waals surface area contributed by atoms with E-state index in [1.807, 2.05) is 0 Å². The predicted octanol–water partition coefficient (Wildman–Crippen LogP) is 10.5. The molecule has 0 radical (unpaired) electrons. The molecule has 2 saturated carbocycles. The van der Waals surface area contributed by atoms with Crippen molar-refractivity contribution >= 4 is 0 Å². The van der Waals surface area contributed by atoms with Gasteiger partial charge < -0.3 is 0 Å². The maximum absolute atomic E-state index is 2.57. The molecule has 2 aliphatic carbocycles. The zero-order valence-electron chi connectivity index (χ0n) is 24.8. The normalized spacial score (nSPS) is 20.7. The van der Waals surface area contributed by atoms with Gasteiger partial charge in [-0.2, -0.15) is 0 Å². The van der Waals surface area contributed by atoms with Gasteiger partial charge in [-0.3, -0.25) is 0 Å². The van der Waals surface area contributed by atoms with Crippen LogP contribution in [0.2, 0.25) is 0 Å². The van der Waals surface area contributed by atoms with Crippen LogP contribution in [-0.2, 0) is 24.7 Å². The minimum absolute atomic E-state index is 0.162. The van der Waals surface area contributed by atoms with Gasteiger partial charge in [-0.1, -0.05) is 114 Å². The fourth-order valence-electron chi connectivity index (χ4n) is 7.61. The predicted molar refractivity (Wildman–Crippen MR) is 164 cm³/mol. The molecule has 3 aromatic carbocycles. The van der Waals surface area contributed by atoms with E-state index in [4.69, 9.17) is 0 Å². The first kappa shape index (κ1) is 27.2. The van der Waals surface area contributed by atoms with Crippen LogP contribution < -0.4 is 0 Å². The van der Waals surface area contributed by atoms with Crippen molar-refractivity contribution in [2.75, 3.05) is 0 Å². The summed E-state index contributed by atoms with van der Waals surface area (Å²) >= 11 is 0. The lowest BCUT2D eigenvalue weighted by Gasteiger charge is -2.32. The van der Waals surface area contributed by atoms with E-state index in [-0.39, 0.29) is 5.41 Å². The number of aryl methyl sites for hydroxylation is 2. The van der Waals surface area contributed by atoms with Gasteiger partial charge >= 0.3 is 0 Å². The summed E-state index contributed by atoms with van der Waals surface area (Å²) in [6.45, 7) is 11.6.